The minimum absolute atomic E-state index is 0.000877. The minimum Gasteiger partial charge on any atom is -0.286 e. The molecule has 1 aliphatic heterocycles. The molecule has 0 bridgehead atoms. The lowest BCUT2D eigenvalue weighted by molar-refractivity contribution is 0.0860. The lowest BCUT2D eigenvalue weighted by Crippen LogP contribution is -2.33. The van der Waals surface area contributed by atoms with Crippen molar-refractivity contribution in [1.82, 2.24) is 4.90 Å². The largest absolute Gasteiger partial charge is 0.286 e. The molecular formula is C18H16Cl2N2OS. The molecule has 1 aliphatic rings. The Hall–Kier alpha value is -1.49. The van der Waals surface area contributed by atoms with E-state index in [0.29, 0.717) is 28.9 Å². The topological polar surface area (TPSA) is 32.7 Å². The number of amides is 1. The van der Waals surface area contributed by atoms with Crippen LogP contribution in [-0.4, -0.2) is 29.1 Å². The van der Waals surface area contributed by atoms with Crippen LogP contribution in [0.2, 0.25) is 10.0 Å². The van der Waals surface area contributed by atoms with Gasteiger partial charge in [-0.05, 0) is 36.2 Å². The van der Waals surface area contributed by atoms with Crippen molar-refractivity contribution in [1.29, 1.82) is 0 Å². The van der Waals surface area contributed by atoms with Gasteiger partial charge in [-0.25, -0.2) is 0 Å². The second kappa shape index (κ2) is 7.60. The van der Waals surface area contributed by atoms with Crippen molar-refractivity contribution in [3.8, 4) is 0 Å². The van der Waals surface area contributed by atoms with Gasteiger partial charge in [0.05, 0.1) is 6.54 Å². The van der Waals surface area contributed by atoms with Gasteiger partial charge in [0, 0.05) is 27.9 Å². The Morgan fingerprint density at radius 3 is 2.79 bits per heavy atom. The Bertz CT molecular complexity index is 807. The molecule has 3 rings (SSSR count). The quantitative estimate of drug-likeness (QED) is 0.748. The van der Waals surface area contributed by atoms with E-state index in [-0.39, 0.29) is 5.91 Å². The molecule has 6 heteroatoms. The number of benzene rings is 2. The molecule has 0 unspecified atom stereocenters. The van der Waals surface area contributed by atoms with Crippen molar-refractivity contribution in [2.24, 2.45) is 4.99 Å². The third kappa shape index (κ3) is 3.77. The van der Waals surface area contributed by atoms with Gasteiger partial charge in [-0.1, -0.05) is 59.2 Å². The van der Waals surface area contributed by atoms with Crippen LogP contribution in [0.15, 0.2) is 47.5 Å². The monoisotopic (exact) mass is 378 g/mol. The number of aryl methyl sites for hydroxylation is 1. The average molecular weight is 379 g/mol. The number of hydrogen-bond donors (Lipinski definition) is 0. The number of rotatable bonds is 3. The Balaban J connectivity index is 1.72. The van der Waals surface area contributed by atoms with Crippen molar-refractivity contribution >= 4 is 46.0 Å². The maximum absolute atomic E-state index is 12.8. The number of aliphatic imine (C=N–C) groups is 1. The van der Waals surface area contributed by atoms with Crippen LogP contribution < -0.4 is 0 Å². The summed E-state index contributed by atoms with van der Waals surface area (Å²) in [6.45, 7) is 3.19. The molecule has 0 fully saturated rings. The molecule has 124 valence electrons. The molecule has 0 atom stereocenters. The maximum Gasteiger partial charge on any atom is 0.260 e. The SMILES string of the molecule is Cc1ccccc1C(=O)N1CCN=C1SCc1ccc(Cl)cc1Cl. The van der Waals surface area contributed by atoms with E-state index < -0.39 is 0 Å². The van der Waals surface area contributed by atoms with Crippen molar-refractivity contribution in [2.45, 2.75) is 12.7 Å². The molecule has 2 aromatic carbocycles. The Morgan fingerprint density at radius 1 is 1.25 bits per heavy atom. The molecule has 0 aliphatic carbocycles. The van der Waals surface area contributed by atoms with E-state index in [1.807, 2.05) is 43.3 Å². The van der Waals surface area contributed by atoms with Gasteiger partial charge in [-0.2, -0.15) is 0 Å². The van der Waals surface area contributed by atoms with Crippen LogP contribution >= 0.6 is 35.0 Å². The van der Waals surface area contributed by atoms with Crippen LogP contribution in [0, 0.1) is 6.92 Å². The number of thioether (sulfide) groups is 1. The summed E-state index contributed by atoms with van der Waals surface area (Å²) in [5.74, 6) is 0.644. The standard InChI is InChI=1S/C18H16Cl2N2OS/c1-12-4-2-3-5-15(12)17(23)22-9-8-21-18(22)24-11-13-6-7-14(19)10-16(13)20/h2-7,10H,8-9,11H2,1H3. The summed E-state index contributed by atoms with van der Waals surface area (Å²) >= 11 is 13.7. The van der Waals surface area contributed by atoms with E-state index in [1.165, 1.54) is 11.8 Å². The second-order valence-electron chi connectivity index (χ2n) is 5.46. The van der Waals surface area contributed by atoms with Gasteiger partial charge in [-0.15, -0.1) is 0 Å². The molecule has 2 aromatic rings. The lowest BCUT2D eigenvalue weighted by Gasteiger charge is -2.19. The molecule has 0 saturated heterocycles. The van der Waals surface area contributed by atoms with Crippen molar-refractivity contribution in [3.63, 3.8) is 0 Å². The van der Waals surface area contributed by atoms with Gasteiger partial charge in [0.1, 0.15) is 0 Å². The van der Waals surface area contributed by atoms with E-state index in [0.717, 1.165) is 21.9 Å². The number of amidine groups is 1. The van der Waals surface area contributed by atoms with Crippen LogP contribution in [0.3, 0.4) is 0 Å². The Kier molecular flexibility index (Phi) is 5.49. The summed E-state index contributed by atoms with van der Waals surface area (Å²) in [6, 6.07) is 13.1. The van der Waals surface area contributed by atoms with Crippen LogP contribution in [0.5, 0.6) is 0 Å². The van der Waals surface area contributed by atoms with Crippen LogP contribution in [0.1, 0.15) is 21.5 Å². The molecule has 0 saturated carbocycles. The molecule has 0 aromatic heterocycles. The Morgan fingerprint density at radius 2 is 2.04 bits per heavy atom. The summed E-state index contributed by atoms with van der Waals surface area (Å²) in [6.07, 6.45) is 0. The van der Waals surface area contributed by atoms with E-state index in [1.54, 1.807) is 11.0 Å². The number of carbonyl (C=O) groups excluding carboxylic acids is 1. The smallest absolute Gasteiger partial charge is 0.260 e. The highest BCUT2D eigenvalue weighted by atomic mass is 35.5. The normalized spacial score (nSPS) is 14.0. The average Bonchev–Trinajstić information content (AvgIpc) is 3.02. The molecule has 0 spiro atoms. The van der Waals surface area contributed by atoms with Gasteiger partial charge in [0.2, 0.25) is 0 Å². The summed E-state index contributed by atoms with van der Waals surface area (Å²) in [5.41, 5.74) is 2.67. The van der Waals surface area contributed by atoms with Gasteiger partial charge < -0.3 is 0 Å². The molecule has 0 N–H and O–H groups in total. The van der Waals surface area contributed by atoms with Crippen LogP contribution in [-0.2, 0) is 5.75 Å². The Labute approximate surface area is 155 Å². The first-order valence-corrected chi connectivity index (χ1v) is 9.29. The summed E-state index contributed by atoms with van der Waals surface area (Å²) in [5, 5.41) is 1.99. The van der Waals surface area contributed by atoms with Crippen molar-refractivity contribution < 1.29 is 4.79 Å². The van der Waals surface area contributed by atoms with E-state index in [2.05, 4.69) is 4.99 Å². The second-order valence-corrected chi connectivity index (χ2v) is 7.25. The van der Waals surface area contributed by atoms with Gasteiger partial charge >= 0.3 is 0 Å². The third-order valence-corrected chi connectivity index (χ3v) is 5.44. The van der Waals surface area contributed by atoms with Gasteiger partial charge in [0.25, 0.3) is 5.91 Å². The van der Waals surface area contributed by atoms with Crippen molar-refractivity contribution in [2.75, 3.05) is 13.1 Å². The number of nitrogens with zero attached hydrogens (tertiary/aromatic N) is 2. The highest BCUT2D eigenvalue weighted by Crippen LogP contribution is 2.27. The van der Waals surface area contributed by atoms with E-state index in [9.17, 15) is 4.79 Å². The fourth-order valence-corrected chi connectivity index (χ4v) is 4.08. The minimum atomic E-state index is -0.000877. The first-order chi connectivity index (χ1) is 11.6. The zero-order valence-electron chi connectivity index (χ0n) is 13.1. The fourth-order valence-electron chi connectivity index (χ4n) is 2.48. The zero-order valence-corrected chi connectivity index (χ0v) is 15.5. The molecule has 1 amide bonds. The molecule has 1 heterocycles. The maximum atomic E-state index is 12.8. The highest BCUT2D eigenvalue weighted by molar-refractivity contribution is 8.13. The zero-order chi connectivity index (χ0) is 17.1. The lowest BCUT2D eigenvalue weighted by atomic mass is 10.1. The van der Waals surface area contributed by atoms with Crippen LogP contribution in [0.4, 0.5) is 0 Å². The first kappa shape index (κ1) is 17.3. The third-order valence-electron chi connectivity index (χ3n) is 3.79. The molecule has 3 nitrogen and oxygen atoms in total. The van der Waals surface area contributed by atoms with Crippen LogP contribution in [0.25, 0.3) is 0 Å². The fraction of sp³-hybridized carbons (Fsp3) is 0.222. The molecule has 0 radical (unpaired) electrons. The molecule has 24 heavy (non-hydrogen) atoms. The van der Waals surface area contributed by atoms with Gasteiger partial charge in [0.15, 0.2) is 5.17 Å². The highest BCUT2D eigenvalue weighted by Gasteiger charge is 2.26. The predicted molar refractivity (Wildman–Crippen MR) is 102 cm³/mol. The van der Waals surface area contributed by atoms with E-state index in [4.69, 9.17) is 23.2 Å². The van der Waals surface area contributed by atoms with Crippen molar-refractivity contribution in [3.05, 3.63) is 69.2 Å². The summed E-state index contributed by atoms with van der Waals surface area (Å²) < 4.78 is 0. The number of hydrogen-bond acceptors (Lipinski definition) is 3. The number of carbonyl (C=O) groups is 1. The van der Waals surface area contributed by atoms with E-state index >= 15 is 0 Å². The first-order valence-electron chi connectivity index (χ1n) is 7.55. The number of halogens is 2. The van der Waals surface area contributed by atoms with Gasteiger partial charge in [-0.3, -0.25) is 14.7 Å². The predicted octanol–water partition coefficient (Wildman–Crippen LogP) is 5.05. The molecular weight excluding hydrogens is 363 g/mol. The summed E-state index contributed by atoms with van der Waals surface area (Å²) in [7, 11) is 0. The summed E-state index contributed by atoms with van der Waals surface area (Å²) in [4.78, 5) is 19.0.